The molecule has 2 atom stereocenters. The van der Waals surface area contributed by atoms with E-state index in [0.29, 0.717) is 18.0 Å². The van der Waals surface area contributed by atoms with Crippen LogP contribution in [0.25, 0.3) is 0 Å². The highest BCUT2D eigenvalue weighted by molar-refractivity contribution is 7.91. The molecule has 174 valence electrons. The number of carboxylic acids is 1. The molecule has 3 N–H and O–H groups in total. The first-order chi connectivity index (χ1) is 15.6. The highest BCUT2D eigenvalue weighted by Crippen LogP contribution is 2.29. The minimum absolute atomic E-state index is 0.00725. The fourth-order valence-corrected chi connectivity index (χ4v) is 5.42. The van der Waals surface area contributed by atoms with Crippen molar-refractivity contribution in [3.05, 3.63) is 93.5 Å². The number of halogens is 2. The van der Waals surface area contributed by atoms with Crippen molar-refractivity contribution in [3.63, 3.8) is 0 Å². The Bertz CT molecular complexity index is 1250. The van der Waals surface area contributed by atoms with Crippen molar-refractivity contribution in [3.8, 4) is 0 Å². The van der Waals surface area contributed by atoms with Crippen LogP contribution in [0.15, 0.2) is 76.5 Å². The monoisotopic (exact) mass is 507 g/mol. The van der Waals surface area contributed by atoms with Gasteiger partial charge < -0.3 is 15.5 Å². The number of benzene rings is 3. The van der Waals surface area contributed by atoms with Gasteiger partial charge in [-0.25, -0.2) is 13.2 Å². The van der Waals surface area contributed by atoms with Gasteiger partial charge in [-0.3, -0.25) is 0 Å². The van der Waals surface area contributed by atoms with Crippen LogP contribution >= 0.6 is 23.2 Å². The second kappa shape index (κ2) is 10.7. The van der Waals surface area contributed by atoms with Crippen molar-refractivity contribution in [2.45, 2.75) is 35.3 Å². The van der Waals surface area contributed by atoms with E-state index in [1.165, 1.54) is 30.3 Å². The van der Waals surface area contributed by atoms with Crippen LogP contribution in [0.1, 0.15) is 34.5 Å². The van der Waals surface area contributed by atoms with Gasteiger partial charge >= 0.3 is 5.97 Å². The van der Waals surface area contributed by atoms with Crippen molar-refractivity contribution in [2.75, 3.05) is 6.54 Å². The lowest BCUT2D eigenvalue weighted by molar-refractivity contribution is 0.0693. The number of aromatic carboxylic acids is 1. The van der Waals surface area contributed by atoms with Crippen molar-refractivity contribution in [1.29, 1.82) is 0 Å². The number of carboxylic acid groups (broad SMARTS) is 1. The fourth-order valence-electron chi connectivity index (χ4n) is 3.44. The highest BCUT2D eigenvalue weighted by atomic mass is 35.5. The van der Waals surface area contributed by atoms with Gasteiger partial charge in [0.15, 0.2) is 0 Å². The van der Waals surface area contributed by atoms with Crippen LogP contribution in [0.3, 0.4) is 0 Å². The minimum atomic E-state index is -4.06. The van der Waals surface area contributed by atoms with Crippen LogP contribution in [0, 0.1) is 0 Å². The summed E-state index contributed by atoms with van der Waals surface area (Å²) in [5, 5.41) is 23.4. The second-order valence-electron chi connectivity index (χ2n) is 7.65. The average Bonchev–Trinajstić information content (AvgIpc) is 2.77. The molecule has 0 heterocycles. The molecule has 0 bridgehead atoms. The van der Waals surface area contributed by atoms with Gasteiger partial charge in [-0.1, -0.05) is 53.5 Å². The fraction of sp³-hybridized carbons (Fsp3) is 0.208. The third kappa shape index (κ3) is 6.13. The molecule has 0 aliphatic rings. The van der Waals surface area contributed by atoms with Gasteiger partial charge in [0.2, 0.25) is 9.84 Å². The molecule has 6 nitrogen and oxygen atoms in total. The zero-order valence-corrected chi connectivity index (χ0v) is 20.0. The molecule has 3 aromatic carbocycles. The Balaban J connectivity index is 1.68. The predicted molar refractivity (Wildman–Crippen MR) is 128 cm³/mol. The molecule has 0 aliphatic carbocycles. The summed E-state index contributed by atoms with van der Waals surface area (Å²) in [6, 6.07) is 17.3. The molecule has 0 radical (unpaired) electrons. The summed E-state index contributed by atoms with van der Waals surface area (Å²) in [7, 11) is -4.06. The molecule has 0 saturated carbocycles. The summed E-state index contributed by atoms with van der Waals surface area (Å²) in [5.41, 5.74) is 1.16. The van der Waals surface area contributed by atoms with Crippen LogP contribution < -0.4 is 5.32 Å². The summed E-state index contributed by atoms with van der Waals surface area (Å²) in [4.78, 5) is 11.2. The van der Waals surface area contributed by atoms with E-state index < -0.39 is 27.5 Å². The molecule has 3 aromatic rings. The Labute approximate surface area is 202 Å². The first-order valence-corrected chi connectivity index (χ1v) is 12.4. The van der Waals surface area contributed by atoms with E-state index in [4.69, 9.17) is 23.2 Å². The smallest absolute Gasteiger partial charge is 0.338 e. The maximum Gasteiger partial charge on any atom is 0.338 e. The standard InChI is InChI=1S/C24H23Cl2NO5S/c1-15(27-14-21(28)17-4-2-5-18(25)13-17)12-16-8-10-19(11-9-16)33(31,32)22-7-3-6-20(26)23(22)24(29)30/h2-11,13,15,21,27-28H,12,14H2,1H3,(H,29,30)/t15?,21-/m1/s1. The third-order valence-corrected chi connectivity index (χ3v) is 7.51. The number of carbonyl (C=O) groups is 1. The number of rotatable bonds is 9. The van der Waals surface area contributed by atoms with Crippen molar-refractivity contribution in [1.82, 2.24) is 5.32 Å². The molecule has 0 aliphatic heterocycles. The summed E-state index contributed by atoms with van der Waals surface area (Å²) in [6.07, 6.45) is -0.111. The molecule has 0 saturated heterocycles. The topological polar surface area (TPSA) is 104 Å². The SMILES string of the molecule is CC(Cc1ccc(S(=O)(=O)c2cccc(Cl)c2C(=O)O)cc1)NC[C@@H](O)c1cccc(Cl)c1. The van der Waals surface area contributed by atoms with E-state index in [9.17, 15) is 23.4 Å². The van der Waals surface area contributed by atoms with Crippen molar-refractivity contribution in [2.24, 2.45) is 0 Å². The number of aliphatic hydroxyl groups excluding tert-OH is 1. The third-order valence-electron chi connectivity index (χ3n) is 5.15. The Morgan fingerprint density at radius 1 is 1.03 bits per heavy atom. The summed E-state index contributed by atoms with van der Waals surface area (Å²) >= 11 is 11.9. The first kappa shape index (κ1) is 25.2. The van der Waals surface area contributed by atoms with Crippen LogP contribution in [0.2, 0.25) is 10.0 Å². The largest absolute Gasteiger partial charge is 0.478 e. The van der Waals surface area contributed by atoms with E-state index >= 15 is 0 Å². The predicted octanol–water partition coefficient (Wildman–Crippen LogP) is 4.78. The lowest BCUT2D eigenvalue weighted by atomic mass is 10.1. The Hall–Kier alpha value is -2.42. The summed E-state index contributed by atoms with van der Waals surface area (Å²) < 4.78 is 26.0. The molecule has 0 fully saturated rings. The van der Waals surface area contributed by atoms with E-state index in [2.05, 4.69) is 5.32 Å². The second-order valence-corrected chi connectivity index (χ2v) is 10.4. The molecule has 0 spiro atoms. The summed E-state index contributed by atoms with van der Waals surface area (Å²) in [6.45, 7) is 2.29. The number of nitrogens with one attached hydrogen (secondary N) is 1. The van der Waals surface area contributed by atoms with E-state index in [1.807, 2.05) is 6.92 Å². The van der Waals surface area contributed by atoms with Gasteiger partial charge in [0.1, 0.15) is 0 Å². The minimum Gasteiger partial charge on any atom is -0.478 e. The summed E-state index contributed by atoms with van der Waals surface area (Å²) in [5.74, 6) is -1.41. The highest BCUT2D eigenvalue weighted by Gasteiger charge is 2.26. The molecule has 9 heteroatoms. The van der Waals surface area contributed by atoms with Crippen molar-refractivity contribution >= 4 is 39.0 Å². The molecule has 1 unspecified atom stereocenters. The van der Waals surface area contributed by atoms with Gasteiger partial charge in [0, 0.05) is 17.6 Å². The molecular weight excluding hydrogens is 485 g/mol. The van der Waals surface area contributed by atoms with Crippen LogP contribution in [0.5, 0.6) is 0 Å². The zero-order valence-electron chi connectivity index (χ0n) is 17.7. The molecular formula is C24H23Cl2NO5S. The van der Waals surface area contributed by atoms with Gasteiger partial charge in [-0.15, -0.1) is 0 Å². The Kier molecular flexibility index (Phi) is 8.15. The number of aliphatic hydroxyl groups is 1. The van der Waals surface area contributed by atoms with Crippen molar-refractivity contribution < 1.29 is 23.4 Å². The normalized spacial score (nSPS) is 13.5. The molecule has 33 heavy (non-hydrogen) atoms. The Morgan fingerprint density at radius 2 is 1.70 bits per heavy atom. The van der Waals surface area contributed by atoms with Crippen LogP contribution in [-0.2, 0) is 16.3 Å². The van der Waals surface area contributed by atoms with E-state index in [0.717, 1.165) is 11.1 Å². The maximum atomic E-state index is 13.0. The number of hydrogen-bond acceptors (Lipinski definition) is 5. The number of hydrogen-bond donors (Lipinski definition) is 3. The molecule has 0 amide bonds. The van der Waals surface area contributed by atoms with Gasteiger partial charge in [-0.2, -0.15) is 0 Å². The zero-order chi connectivity index (χ0) is 24.2. The number of sulfone groups is 1. The van der Waals surface area contributed by atoms with E-state index in [-0.39, 0.29) is 20.9 Å². The van der Waals surface area contributed by atoms with E-state index in [1.54, 1.807) is 36.4 Å². The van der Waals surface area contributed by atoms with Crippen LogP contribution in [0.4, 0.5) is 0 Å². The van der Waals surface area contributed by atoms with Gasteiger partial charge in [0.25, 0.3) is 0 Å². The van der Waals surface area contributed by atoms with Gasteiger partial charge in [-0.05, 0) is 60.9 Å². The van der Waals surface area contributed by atoms with Gasteiger partial charge in [0.05, 0.1) is 26.5 Å². The lowest BCUT2D eigenvalue weighted by Crippen LogP contribution is -2.32. The maximum absolute atomic E-state index is 13.0. The first-order valence-electron chi connectivity index (χ1n) is 10.1. The quantitative estimate of drug-likeness (QED) is 0.385. The van der Waals surface area contributed by atoms with Crippen LogP contribution in [-0.4, -0.2) is 37.2 Å². The molecule has 0 aromatic heterocycles. The average molecular weight is 508 g/mol. The lowest BCUT2D eigenvalue weighted by Gasteiger charge is -2.18. The Morgan fingerprint density at radius 3 is 2.33 bits per heavy atom. The molecule has 3 rings (SSSR count).